The predicted molar refractivity (Wildman–Crippen MR) is 78.1 cm³/mol. The molecule has 7 nitrogen and oxygen atoms in total. The molecule has 1 aliphatic rings. The van der Waals surface area contributed by atoms with E-state index in [-0.39, 0.29) is 24.0 Å². The van der Waals surface area contributed by atoms with Gasteiger partial charge in [0.25, 0.3) is 11.8 Å². The van der Waals surface area contributed by atoms with Crippen molar-refractivity contribution >= 4 is 23.8 Å². The molecule has 0 bridgehead atoms. The van der Waals surface area contributed by atoms with Gasteiger partial charge in [-0.15, -0.1) is 0 Å². The normalized spacial score (nSPS) is 13.8. The van der Waals surface area contributed by atoms with Gasteiger partial charge >= 0.3 is 11.9 Å². The Kier molecular flexibility index (Phi) is 4.49. The molecule has 0 radical (unpaired) electrons. The average molecular weight is 319 g/mol. The van der Waals surface area contributed by atoms with Crippen LogP contribution in [0.1, 0.15) is 54.3 Å². The number of carbonyl (C=O) groups excluding carboxylic acids is 4. The van der Waals surface area contributed by atoms with Crippen LogP contribution in [0.4, 0.5) is 0 Å². The van der Waals surface area contributed by atoms with Gasteiger partial charge in [-0.3, -0.25) is 14.4 Å². The summed E-state index contributed by atoms with van der Waals surface area (Å²) in [7, 11) is 0. The summed E-state index contributed by atoms with van der Waals surface area (Å²) >= 11 is 0. The van der Waals surface area contributed by atoms with Gasteiger partial charge in [-0.2, -0.15) is 0 Å². The molecule has 23 heavy (non-hydrogen) atoms. The minimum Gasteiger partial charge on any atom is -0.460 e. The zero-order valence-electron chi connectivity index (χ0n) is 13.1. The maximum atomic E-state index is 12.0. The fourth-order valence-corrected chi connectivity index (χ4v) is 1.99. The summed E-state index contributed by atoms with van der Waals surface area (Å²) in [5.74, 6) is -2.81. The van der Waals surface area contributed by atoms with Crippen LogP contribution >= 0.6 is 0 Å². The standard InChI is InChI=1S/C16H17NO6/c1-16(2,3)22-12(18)8-9-13(19)23-17-14(20)10-6-4-5-7-11(10)15(17)21/h4-7H,8-9H2,1-3H3. The molecule has 0 aliphatic carbocycles. The number of hydrogen-bond donors (Lipinski definition) is 0. The first-order valence-electron chi connectivity index (χ1n) is 7.09. The van der Waals surface area contributed by atoms with Crippen LogP contribution in [0.15, 0.2) is 24.3 Å². The molecule has 0 unspecified atom stereocenters. The molecule has 0 fully saturated rings. The highest BCUT2D eigenvalue weighted by atomic mass is 16.7. The lowest BCUT2D eigenvalue weighted by atomic mass is 10.1. The first-order chi connectivity index (χ1) is 10.7. The van der Waals surface area contributed by atoms with Crippen molar-refractivity contribution in [3.63, 3.8) is 0 Å². The Morgan fingerprint density at radius 2 is 1.43 bits per heavy atom. The quantitative estimate of drug-likeness (QED) is 0.621. The third kappa shape index (κ3) is 3.94. The highest BCUT2D eigenvalue weighted by molar-refractivity contribution is 6.20. The molecule has 2 rings (SSSR count). The fourth-order valence-electron chi connectivity index (χ4n) is 1.99. The largest absolute Gasteiger partial charge is 0.460 e. The summed E-state index contributed by atoms with van der Waals surface area (Å²) in [6.45, 7) is 5.13. The topological polar surface area (TPSA) is 90.0 Å². The molecule has 1 aliphatic heterocycles. The first kappa shape index (κ1) is 16.7. The molecule has 1 aromatic carbocycles. The predicted octanol–water partition coefficient (Wildman–Crippen LogP) is 1.86. The summed E-state index contributed by atoms with van der Waals surface area (Å²) in [6, 6.07) is 6.17. The van der Waals surface area contributed by atoms with Gasteiger partial charge in [-0.25, -0.2) is 4.79 Å². The summed E-state index contributed by atoms with van der Waals surface area (Å²) in [5, 5.41) is 0.419. The Bertz CT molecular complexity index is 638. The summed E-state index contributed by atoms with van der Waals surface area (Å²) in [5.41, 5.74) is -0.293. The zero-order chi connectivity index (χ0) is 17.2. The van der Waals surface area contributed by atoms with Crippen molar-refractivity contribution in [3.05, 3.63) is 35.4 Å². The summed E-state index contributed by atoms with van der Waals surface area (Å²) < 4.78 is 5.06. The number of hydrogen-bond acceptors (Lipinski definition) is 6. The number of hydroxylamine groups is 2. The first-order valence-corrected chi connectivity index (χ1v) is 7.09. The minimum absolute atomic E-state index is 0.178. The van der Waals surface area contributed by atoms with E-state index in [1.165, 1.54) is 12.1 Å². The van der Waals surface area contributed by atoms with Gasteiger partial charge in [0.1, 0.15) is 5.60 Å². The Labute approximate surface area is 133 Å². The van der Waals surface area contributed by atoms with E-state index in [4.69, 9.17) is 9.57 Å². The molecule has 0 saturated carbocycles. The number of carbonyl (C=O) groups is 4. The number of esters is 1. The second kappa shape index (κ2) is 6.20. The van der Waals surface area contributed by atoms with Gasteiger partial charge in [0.15, 0.2) is 0 Å². The van der Waals surface area contributed by atoms with E-state index in [2.05, 4.69) is 0 Å². The van der Waals surface area contributed by atoms with Crippen molar-refractivity contribution in [1.29, 1.82) is 0 Å². The Morgan fingerprint density at radius 3 is 1.91 bits per heavy atom. The van der Waals surface area contributed by atoms with E-state index in [1.54, 1.807) is 32.9 Å². The summed E-state index contributed by atoms with van der Waals surface area (Å²) in [6.07, 6.45) is -0.485. The SMILES string of the molecule is CC(C)(C)OC(=O)CCC(=O)ON1C(=O)c2ccccc2C1=O. The van der Waals surface area contributed by atoms with E-state index in [0.29, 0.717) is 5.06 Å². The molecular weight excluding hydrogens is 302 g/mol. The van der Waals surface area contributed by atoms with Crippen LogP contribution in [0.3, 0.4) is 0 Å². The molecule has 1 heterocycles. The molecular formula is C16H17NO6. The number of ether oxygens (including phenoxy) is 1. The lowest BCUT2D eigenvalue weighted by Crippen LogP contribution is -2.33. The van der Waals surface area contributed by atoms with Gasteiger partial charge in [0.05, 0.1) is 24.0 Å². The molecule has 122 valence electrons. The van der Waals surface area contributed by atoms with Crippen molar-refractivity contribution in [1.82, 2.24) is 5.06 Å². The van der Waals surface area contributed by atoms with Crippen molar-refractivity contribution in [2.45, 2.75) is 39.2 Å². The van der Waals surface area contributed by atoms with Gasteiger partial charge < -0.3 is 9.57 Å². The van der Waals surface area contributed by atoms with Crippen LogP contribution in [0.5, 0.6) is 0 Å². The number of benzene rings is 1. The van der Waals surface area contributed by atoms with Crippen molar-refractivity contribution in [2.24, 2.45) is 0 Å². The number of rotatable bonds is 4. The van der Waals surface area contributed by atoms with Crippen LogP contribution < -0.4 is 0 Å². The number of fused-ring (bicyclic) bond motifs is 1. The van der Waals surface area contributed by atoms with Gasteiger partial charge in [0.2, 0.25) is 0 Å². The van der Waals surface area contributed by atoms with E-state index in [9.17, 15) is 19.2 Å². The van der Waals surface area contributed by atoms with Crippen LogP contribution in [0, 0.1) is 0 Å². The maximum Gasteiger partial charge on any atom is 0.333 e. The molecule has 2 amide bonds. The Morgan fingerprint density at radius 1 is 0.957 bits per heavy atom. The lowest BCUT2D eigenvalue weighted by molar-refractivity contribution is -0.171. The van der Waals surface area contributed by atoms with E-state index < -0.39 is 29.4 Å². The third-order valence-electron chi connectivity index (χ3n) is 2.90. The third-order valence-corrected chi connectivity index (χ3v) is 2.90. The smallest absolute Gasteiger partial charge is 0.333 e. The van der Waals surface area contributed by atoms with Crippen LogP contribution in [-0.2, 0) is 19.2 Å². The minimum atomic E-state index is -0.856. The fraction of sp³-hybridized carbons (Fsp3) is 0.375. The molecule has 0 atom stereocenters. The lowest BCUT2D eigenvalue weighted by Gasteiger charge is -2.19. The van der Waals surface area contributed by atoms with Gasteiger partial charge in [-0.05, 0) is 32.9 Å². The molecule has 0 aromatic heterocycles. The van der Waals surface area contributed by atoms with Crippen LogP contribution in [-0.4, -0.2) is 34.4 Å². The number of imide groups is 1. The number of nitrogens with zero attached hydrogens (tertiary/aromatic N) is 1. The summed E-state index contributed by atoms with van der Waals surface area (Å²) in [4.78, 5) is 52.1. The van der Waals surface area contributed by atoms with Crippen molar-refractivity contribution in [3.8, 4) is 0 Å². The Hall–Kier alpha value is -2.70. The van der Waals surface area contributed by atoms with Crippen LogP contribution in [0.25, 0.3) is 0 Å². The molecule has 0 spiro atoms. The van der Waals surface area contributed by atoms with Gasteiger partial charge in [-0.1, -0.05) is 17.2 Å². The molecule has 0 N–H and O–H groups in total. The molecule has 7 heteroatoms. The van der Waals surface area contributed by atoms with E-state index >= 15 is 0 Å². The van der Waals surface area contributed by atoms with Gasteiger partial charge in [0, 0.05) is 0 Å². The van der Waals surface area contributed by atoms with Crippen molar-refractivity contribution < 1.29 is 28.8 Å². The second-order valence-corrected chi connectivity index (χ2v) is 6.00. The van der Waals surface area contributed by atoms with Crippen LogP contribution in [0.2, 0.25) is 0 Å². The maximum absolute atomic E-state index is 12.0. The van der Waals surface area contributed by atoms with Crippen molar-refractivity contribution in [2.75, 3.05) is 0 Å². The Balaban J connectivity index is 1.91. The molecule has 1 aromatic rings. The number of amides is 2. The molecule has 0 saturated heterocycles. The second-order valence-electron chi connectivity index (χ2n) is 6.00. The monoisotopic (exact) mass is 319 g/mol. The highest BCUT2D eigenvalue weighted by Crippen LogP contribution is 2.23. The van der Waals surface area contributed by atoms with E-state index in [0.717, 1.165) is 0 Å². The zero-order valence-corrected chi connectivity index (χ0v) is 13.1. The highest BCUT2D eigenvalue weighted by Gasteiger charge is 2.38. The average Bonchev–Trinajstić information content (AvgIpc) is 2.69. The van der Waals surface area contributed by atoms with E-state index in [1.807, 2.05) is 0 Å².